The van der Waals surface area contributed by atoms with Crippen LogP contribution >= 0.6 is 0 Å². The molecule has 0 bridgehead atoms. The van der Waals surface area contributed by atoms with Crippen LogP contribution in [-0.4, -0.2) is 20.4 Å². The van der Waals surface area contributed by atoms with E-state index in [2.05, 4.69) is 15.3 Å². The molecule has 22 heavy (non-hydrogen) atoms. The molecule has 0 radical (unpaired) electrons. The lowest BCUT2D eigenvalue weighted by Crippen LogP contribution is -2.33. The molecule has 2 aromatic heterocycles. The molecule has 0 saturated heterocycles. The predicted octanol–water partition coefficient (Wildman–Crippen LogP) is 1.26. The fraction of sp³-hybridized carbons (Fsp3) is 0.125. The molecule has 0 atom stereocenters. The van der Waals surface area contributed by atoms with Crippen LogP contribution < -0.4 is 10.9 Å². The van der Waals surface area contributed by atoms with Gasteiger partial charge in [-0.1, -0.05) is 18.2 Å². The highest BCUT2D eigenvalue weighted by Gasteiger charge is 2.15. The van der Waals surface area contributed by atoms with E-state index in [-0.39, 0.29) is 5.69 Å². The maximum Gasteiger partial charge on any atom is 0.282 e. The van der Waals surface area contributed by atoms with Crippen LogP contribution in [0, 0.1) is 0 Å². The van der Waals surface area contributed by atoms with Gasteiger partial charge in [-0.15, -0.1) is 0 Å². The molecular weight excluding hydrogens is 280 g/mol. The summed E-state index contributed by atoms with van der Waals surface area (Å²) in [7, 11) is 1.63. The molecule has 6 nitrogen and oxygen atoms in total. The van der Waals surface area contributed by atoms with Gasteiger partial charge in [0.25, 0.3) is 11.5 Å². The van der Waals surface area contributed by atoms with Crippen molar-refractivity contribution in [1.82, 2.24) is 19.9 Å². The number of hydrogen-bond donors (Lipinski definition) is 1. The van der Waals surface area contributed by atoms with E-state index in [9.17, 15) is 9.59 Å². The molecule has 0 aliphatic heterocycles. The Balaban J connectivity index is 1.91. The molecule has 0 fully saturated rings. The number of aromatic nitrogens is 3. The van der Waals surface area contributed by atoms with E-state index in [1.807, 2.05) is 18.2 Å². The third kappa shape index (κ3) is 2.58. The van der Waals surface area contributed by atoms with E-state index in [0.29, 0.717) is 17.6 Å². The molecule has 1 amide bonds. The van der Waals surface area contributed by atoms with Crippen molar-refractivity contribution in [1.29, 1.82) is 0 Å². The topological polar surface area (TPSA) is 76.9 Å². The van der Waals surface area contributed by atoms with Gasteiger partial charge < -0.3 is 9.88 Å². The van der Waals surface area contributed by atoms with Crippen LogP contribution in [0.2, 0.25) is 0 Å². The van der Waals surface area contributed by atoms with Gasteiger partial charge in [0.1, 0.15) is 0 Å². The van der Waals surface area contributed by atoms with Gasteiger partial charge in [0.15, 0.2) is 5.69 Å². The Morgan fingerprint density at radius 3 is 2.82 bits per heavy atom. The minimum atomic E-state index is -0.491. The van der Waals surface area contributed by atoms with Crippen molar-refractivity contribution in [2.75, 3.05) is 0 Å². The molecule has 3 aromatic rings. The first-order valence-corrected chi connectivity index (χ1v) is 6.79. The number of amides is 1. The molecule has 1 aromatic carbocycles. The monoisotopic (exact) mass is 294 g/mol. The number of carbonyl (C=O) groups excluding carboxylic acids is 1. The van der Waals surface area contributed by atoms with Gasteiger partial charge in [-0.2, -0.15) is 0 Å². The van der Waals surface area contributed by atoms with Crippen LogP contribution in [-0.2, 0) is 13.6 Å². The van der Waals surface area contributed by atoms with Crippen LogP contribution in [0.3, 0.4) is 0 Å². The normalized spacial score (nSPS) is 10.6. The zero-order valence-electron chi connectivity index (χ0n) is 12.0. The first-order chi connectivity index (χ1) is 10.7. The minimum Gasteiger partial charge on any atom is -0.346 e. The Hall–Kier alpha value is -3.02. The molecule has 6 heteroatoms. The lowest BCUT2D eigenvalue weighted by Gasteiger charge is -2.08. The minimum absolute atomic E-state index is 0.106. The van der Waals surface area contributed by atoms with E-state index in [4.69, 9.17) is 0 Å². The Kier molecular flexibility index (Phi) is 3.65. The molecule has 2 heterocycles. The number of rotatable bonds is 3. The van der Waals surface area contributed by atoms with Crippen molar-refractivity contribution in [3.05, 3.63) is 70.4 Å². The van der Waals surface area contributed by atoms with Gasteiger partial charge >= 0.3 is 0 Å². The number of nitrogens with one attached hydrogen (secondary N) is 1. The van der Waals surface area contributed by atoms with E-state index >= 15 is 0 Å². The largest absolute Gasteiger partial charge is 0.346 e. The average molecular weight is 294 g/mol. The van der Waals surface area contributed by atoms with Gasteiger partial charge in [-0.3, -0.25) is 14.6 Å². The van der Waals surface area contributed by atoms with E-state index < -0.39 is 11.5 Å². The van der Waals surface area contributed by atoms with E-state index in [1.54, 1.807) is 37.6 Å². The number of para-hydroxylation sites is 2. The number of nitrogens with zero attached hydrogens (tertiary/aromatic N) is 3. The first-order valence-electron chi connectivity index (χ1n) is 6.79. The summed E-state index contributed by atoms with van der Waals surface area (Å²) in [5.74, 6) is -0.491. The summed E-state index contributed by atoms with van der Waals surface area (Å²) in [6.45, 7) is 0.296. The summed E-state index contributed by atoms with van der Waals surface area (Å²) in [5.41, 5.74) is 1.63. The number of benzene rings is 1. The zero-order valence-corrected chi connectivity index (χ0v) is 12.0. The van der Waals surface area contributed by atoms with E-state index in [0.717, 1.165) is 5.56 Å². The predicted molar refractivity (Wildman–Crippen MR) is 82.4 cm³/mol. The molecule has 110 valence electrons. The van der Waals surface area contributed by atoms with Crippen LogP contribution in [0.25, 0.3) is 11.0 Å². The molecule has 0 aliphatic rings. The maximum absolute atomic E-state index is 12.3. The SMILES string of the molecule is Cn1c(=O)c(C(=O)NCc2cccnc2)nc2ccccc21. The Bertz CT molecular complexity index is 888. The van der Waals surface area contributed by atoms with E-state index in [1.165, 1.54) is 4.57 Å². The molecule has 0 aliphatic carbocycles. The molecule has 0 spiro atoms. The summed E-state index contributed by atoms with van der Waals surface area (Å²) >= 11 is 0. The fourth-order valence-corrected chi connectivity index (χ4v) is 2.20. The third-order valence-corrected chi connectivity index (χ3v) is 3.37. The molecular formula is C16H14N4O2. The van der Waals surface area contributed by atoms with Gasteiger partial charge in [-0.05, 0) is 23.8 Å². The summed E-state index contributed by atoms with van der Waals surface area (Å²) in [4.78, 5) is 32.7. The van der Waals surface area contributed by atoms with Gasteiger partial charge in [0.05, 0.1) is 11.0 Å². The quantitative estimate of drug-likeness (QED) is 0.789. The average Bonchev–Trinajstić information content (AvgIpc) is 2.57. The summed E-state index contributed by atoms with van der Waals surface area (Å²) in [6, 6.07) is 10.8. The van der Waals surface area contributed by atoms with Crippen molar-refractivity contribution in [3.8, 4) is 0 Å². The van der Waals surface area contributed by atoms with Crippen molar-refractivity contribution in [2.45, 2.75) is 6.54 Å². The van der Waals surface area contributed by atoms with Crippen molar-refractivity contribution >= 4 is 16.9 Å². The Labute approximate surface area is 126 Å². The van der Waals surface area contributed by atoms with Crippen LogP contribution in [0.4, 0.5) is 0 Å². The number of pyridine rings is 1. The molecule has 1 N–H and O–H groups in total. The third-order valence-electron chi connectivity index (χ3n) is 3.37. The highest BCUT2D eigenvalue weighted by Crippen LogP contribution is 2.08. The molecule has 3 rings (SSSR count). The second-order valence-corrected chi connectivity index (χ2v) is 4.86. The highest BCUT2D eigenvalue weighted by molar-refractivity contribution is 5.93. The van der Waals surface area contributed by atoms with Gasteiger partial charge in [-0.25, -0.2) is 4.98 Å². The Morgan fingerprint density at radius 1 is 1.23 bits per heavy atom. The van der Waals surface area contributed by atoms with Crippen molar-refractivity contribution < 1.29 is 4.79 Å². The van der Waals surface area contributed by atoms with Gasteiger partial charge in [0.2, 0.25) is 0 Å². The lowest BCUT2D eigenvalue weighted by molar-refractivity contribution is 0.0944. The summed E-state index contributed by atoms with van der Waals surface area (Å²) in [5, 5.41) is 2.69. The number of carbonyl (C=O) groups is 1. The van der Waals surface area contributed by atoms with Crippen molar-refractivity contribution in [3.63, 3.8) is 0 Å². The summed E-state index contributed by atoms with van der Waals surface area (Å²) < 4.78 is 1.43. The molecule has 0 saturated carbocycles. The standard InChI is InChI=1S/C16H14N4O2/c1-20-13-7-3-2-6-12(13)19-14(16(20)22)15(21)18-10-11-5-4-8-17-9-11/h2-9H,10H2,1H3,(H,18,21). The zero-order chi connectivity index (χ0) is 15.5. The number of aryl methyl sites for hydroxylation is 1. The fourth-order valence-electron chi connectivity index (χ4n) is 2.20. The highest BCUT2D eigenvalue weighted by atomic mass is 16.2. The van der Waals surface area contributed by atoms with Crippen LogP contribution in [0.1, 0.15) is 16.1 Å². The maximum atomic E-state index is 12.3. The number of hydrogen-bond acceptors (Lipinski definition) is 4. The van der Waals surface area contributed by atoms with Crippen LogP contribution in [0.15, 0.2) is 53.6 Å². The lowest BCUT2D eigenvalue weighted by atomic mass is 10.2. The Morgan fingerprint density at radius 2 is 2.05 bits per heavy atom. The summed E-state index contributed by atoms with van der Waals surface area (Å²) in [6.07, 6.45) is 3.32. The smallest absolute Gasteiger partial charge is 0.282 e. The first kappa shape index (κ1) is 13.9. The molecule has 0 unspecified atom stereocenters. The second kappa shape index (κ2) is 5.77. The van der Waals surface area contributed by atoms with Crippen LogP contribution in [0.5, 0.6) is 0 Å². The second-order valence-electron chi connectivity index (χ2n) is 4.86. The van der Waals surface area contributed by atoms with Gasteiger partial charge in [0, 0.05) is 26.0 Å². The van der Waals surface area contributed by atoms with Crippen molar-refractivity contribution in [2.24, 2.45) is 7.05 Å². The number of fused-ring (bicyclic) bond motifs is 1.